The second-order valence-electron chi connectivity index (χ2n) is 6.09. The molecule has 0 radical (unpaired) electrons. The third-order valence-electron chi connectivity index (χ3n) is 4.05. The minimum atomic E-state index is -4.49. The number of benzene rings is 1. The fraction of sp³-hybridized carbons (Fsp3) is 0.500. The number of piperidine rings is 1. The Morgan fingerprint density at radius 3 is 2.58 bits per heavy atom. The van der Waals surface area contributed by atoms with Crippen molar-refractivity contribution in [2.75, 3.05) is 13.1 Å². The van der Waals surface area contributed by atoms with Crippen molar-refractivity contribution in [3.63, 3.8) is 0 Å². The zero-order chi connectivity index (χ0) is 17.9. The van der Waals surface area contributed by atoms with E-state index in [1.54, 1.807) is 0 Å². The molecule has 1 fully saturated rings. The van der Waals surface area contributed by atoms with Gasteiger partial charge in [0, 0.05) is 19.6 Å². The maximum absolute atomic E-state index is 12.9. The molecule has 2 unspecified atom stereocenters. The highest BCUT2D eigenvalue weighted by molar-refractivity contribution is 5.76. The van der Waals surface area contributed by atoms with Crippen LogP contribution in [0, 0.1) is 11.8 Å². The van der Waals surface area contributed by atoms with Crippen molar-refractivity contribution in [1.29, 1.82) is 0 Å². The van der Waals surface area contributed by atoms with Crippen molar-refractivity contribution in [2.45, 2.75) is 26.1 Å². The van der Waals surface area contributed by atoms with Gasteiger partial charge in [-0.1, -0.05) is 25.1 Å². The zero-order valence-electron chi connectivity index (χ0n) is 13.1. The molecule has 5 nitrogen and oxygen atoms in total. The molecule has 24 heavy (non-hydrogen) atoms. The van der Waals surface area contributed by atoms with Crippen LogP contribution in [-0.4, -0.2) is 35.1 Å². The lowest BCUT2D eigenvalue weighted by Gasteiger charge is -2.34. The summed E-state index contributed by atoms with van der Waals surface area (Å²) >= 11 is 0. The summed E-state index contributed by atoms with van der Waals surface area (Å²) in [6.45, 7) is 2.02. The Kier molecular flexibility index (Phi) is 5.36. The number of nitrogens with zero attached hydrogens (tertiary/aromatic N) is 1. The molecule has 8 heteroatoms. The van der Waals surface area contributed by atoms with Crippen LogP contribution < -0.4 is 5.32 Å². The number of hydrogen-bond acceptors (Lipinski definition) is 2. The fourth-order valence-corrected chi connectivity index (χ4v) is 2.93. The molecule has 0 bridgehead atoms. The summed E-state index contributed by atoms with van der Waals surface area (Å²) in [6.07, 6.45) is -4.01. The van der Waals surface area contributed by atoms with Gasteiger partial charge in [-0.05, 0) is 24.0 Å². The van der Waals surface area contributed by atoms with Gasteiger partial charge in [0.25, 0.3) is 0 Å². The first kappa shape index (κ1) is 18.1. The predicted octanol–water partition coefficient (Wildman–Crippen LogP) is 2.96. The number of alkyl halides is 3. The second kappa shape index (κ2) is 7.11. The number of carboxylic acids is 1. The molecule has 0 aliphatic carbocycles. The molecule has 1 aliphatic heterocycles. The van der Waals surface area contributed by atoms with Crippen molar-refractivity contribution in [3.05, 3.63) is 35.4 Å². The average molecular weight is 344 g/mol. The molecule has 132 valence electrons. The molecule has 1 saturated heterocycles. The van der Waals surface area contributed by atoms with Crippen molar-refractivity contribution in [3.8, 4) is 0 Å². The summed E-state index contributed by atoms with van der Waals surface area (Å²) in [5.41, 5.74) is -0.820. The van der Waals surface area contributed by atoms with Gasteiger partial charge in [0.15, 0.2) is 0 Å². The third kappa shape index (κ3) is 4.39. The summed E-state index contributed by atoms with van der Waals surface area (Å²) in [5.74, 6) is -1.60. The van der Waals surface area contributed by atoms with E-state index in [-0.39, 0.29) is 24.6 Å². The van der Waals surface area contributed by atoms with Gasteiger partial charge in [-0.2, -0.15) is 13.2 Å². The van der Waals surface area contributed by atoms with E-state index in [1.807, 2.05) is 6.92 Å². The number of nitrogens with one attached hydrogen (secondary N) is 1. The molecule has 1 heterocycles. The molecular weight excluding hydrogens is 325 g/mol. The number of hydrogen-bond donors (Lipinski definition) is 2. The molecule has 1 aromatic carbocycles. The molecule has 1 aromatic rings. The van der Waals surface area contributed by atoms with E-state index in [2.05, 4.69) is 5.32 Å². The van der Waals surface area contributed by atoms with E-state index in [0.717, 1.165) is 6.07 Å². The highest BCUT2D eigenvalue weighted by Crippen LogP contribution is 2.31. The number of rotatable bonds is 3. The first-order chi connectivity index (χ1) is 11.2. The Hall–Kier alpha value is -2.25. The molecule has 2 N–H and O–H groups in total. The number of halogens is 3. The Labute approximate surface area is 137 Å². The molecule has 2 atom stereocenters. The molecule has 1 aliphatic rings. The molecule has 0 spiro atoms. The van der Waals surface area contributed by atoms with Crippen molar-refractivity contribution >= 4 is 12.0 Å². The van der Waals surface area contributed by atoms with Crippen LogP contribution in [0.2, 0.25) is 0 Å². The van der Waals surface area contributed by atoms with E-state index < -0.39 is 29.7 Å². The van der Waals surface area contributed by atoms with Gasteiger partial charge < -0.3 is 15.3 Å². The van der Waals surface area contributed by atoms with Crippen molar-refractivity contribution in [1.82, 2.24) is 10.2 Å². The smallest absolute Gasteiger partial charge is 0.416 e. The van der Waals surface area contributed by atoms with Crippen molar-refractivity contribution < 1.29 is 27.9 Å². The van der Waals surface area contributed by atoms with Crippen LogP contribution in [0.3, 0.4) is 0 Å². The zero-order valence-corrected chi connectivity index (χ0v) is 13.1. The average Bonchev–Trinajstić information content (AvgIpc) is 2.51. The monoisotopic (exact) mass is 344 g/mol. The lowest BCUT2D eigenvalue weighted by molar-refractivity contribution is -0.144. The lowest BCUT2D eigenvalue weighted by atomic mass is 9.91. The van der Waals surface area contributed by atoms with Gasteiger partial charge in [-0.15, -0.1) is 0 Å². The van der Waals surface area contributed by atoms with Crippen LogP contribution >= 0.6 is 0 Å². The number of aliphatic carboxylic acids is 1. The van der Waals surface area contributed by atoms with E-state index in [9.17, 15) is 22.8 Å². The standard InChI is InChI=1S/C16H19F3N2O3/c1-10-6-12(14(22)23)9-21(8-10)15(24)20-7-11-4-2-3-5-13(11)16(17,18)19/h2-5,10,12H,6-9H2,1H3,(H,20,24)(H,22,23). The lowest BCUT2D eigenvalue weighted by Crippen LogP contribution is -2.49. The van der Waals surface area contributed by atoms with E-state index in [4.69, 9.17) is 5.11 Å². The fourth-order valence-electron chi connectivity index (χ4n) is 2.93. The van der Waals surface area contributed by atoms with E-state index in [1.165, 1.54) is 23.1 Å². The van der Waals surface area contributed by atoms with Gasteiger partial charge in [0.1, 0.15) is 0 Å². The summed E-state index contributed by atoms with van der Waals surface area (Å²) in [7, 11) is 0. The second-order valence-corrected chi connectivity index (χ2v) is 6.09. The Bertz CT molecular complexity index is 619. The molecule has 0 aromatic heterocycles. The highest BCUT2D eigenvalue weighted by atomic mass is 19.4. The maximum atomic E-state index is 12.9. The number of urea groups is 1. The van der Waals surface area contributed by atoms with Gasteiger partial charge in [-0.25, -0.2) is 4.79 Å². The van der Waals surface area contributed by atoms with Crippen molar-refractivity contribution in [2.24, 2.45) is 11.8 Å². The van der Waals surface area contributed by atoms with Crippen LogP contribution in [0.1, 0.15) is 24.5 Å². The Morgan fingerprint density at radius 1 is 1.29 bits per heavy atom. The van der Waals surface area contributed by atoms with Crippen LogP contribution in [-0.2, 0) is 17.5 Å². The topological polar surface area (TPSA) is 69.6 Å². The summed E-state index contributed by atoms with van der Waals surface area (Å²) in [6, 6.07) is 4.48. The van der Waals surface area contributed by atoms with Gasteiger partial charge in [0.2, 0.25) is 0 Å². The number of carbonyl (C=O) groups excluding carboxylic acids is 1. The Morgan fingerprint density at radius 2 is 1.96 bits per heavy atom. The number of amides is 2. The first-order valence-electron chi connectivity index (χ1n) is 7.59. The first-order valence-corrected chi connectivity index (χ1v) is 7.59. The predicted molar refractivity (Wildman–Crippen MR) is 80.2 cm³/mol. The maximum Gasteiger partial charge on any atom is 0.416 e. The highest BCUT2D eigenvalue weighted by Gasteiger charge is 2.34. The minimum absolute atomic E-state index is 0.0214. The quantitative estimate of drug-likeness (QED) is 0.886. The molecule has 2 rings (SSSR count). The summed E-state index contributed by atoms with van der Waals surface area (Å²) in [4.78, 5) is 24.7. The van der Waals surface area contributed by atoms with Crippen LogP contribution in [0.15, 0.2) is 24.3 Å². The molecular formula is C16H19F3N2O3. The third-order valence-corrected chi connectivity index (χ3v) is 4.05. The molecule has 2 amide bonds. The SMILES string of the molecule is CC1CC(C(=O)O)CN(C(=O)NCc2ccccc2C(F)(F)F)C1. The van der Waals surface area contributed by atoms with Gasteiger partial charge >= 0.3 is 18.2 Å². The largest absolute Gasteiger partial charge is 0.481 e. The van der Waals surface area contributed by atoms with Gasteiger partial charge in [-0.3, -0.25) is 4.79 Å². The van der Waals surface area contributed by atoms with Crippen LogP contribution in [0.4, 0.5) is 18.0 Å². The normalized spacial score (nSPS) is 21.4. The Balaban J connectivity index is 2.02. The number of carbonyl (C=O) groups is 2. The van der Waals surface area contributed by atoms with Gasteiger partial charge in [0.05, 0.1) is 11.5 Å². The number of carboxylic acid groups (broad SMARTS) is 1. The van der Waals surface area contributed by atoms with Crippen LogP contribution in [0.25, 0.3) is 0 Å². The number of likely N-dealkylation sites (tertiary alicyclic amines) is 1. The molecule has 0 saturated carbocycles. The minimum Gasteiger partial charge on any atom is -0.481 e. The van der Waals surface area contributed by atoms with Crippen LogP contribution in [0.5, 0.6) is 0 Å². The van der Waals surface area contributed by atoms with E-state index in [0.29, 0.717) is 13.0 Å². The summed E-state index contributed by atoms with van der Waals surface area (Å²) < 4.78 is 38.8. The summed E-state index contributed by atoms with van der Waals surface area (Å²) in [5, 5.41) is 11.6. The van der Waals surface area contributed by atoms with E-state index >= 15 is 0 Å².